The lowest BCUT2D eigenvalue weighted by Gasteiger charge is -2.17. The summed E-state index contributed by atoms with van der Waals surface area (Å²) in [4.78, 5) is 13.5. The maximum absolute atomic E-state index is 11.7. The molecule has 1 atom stereocenters. The van der Waals surface area contributed by atoms with Crippen molar-refractivity contribution in [2.45, 2.75) is 31.8 Å². The van der Waals surface area contributed by atoms with Crippen LogP contribution in [-0.2, 0) is 9.53 Å². The van der Waals surface area contributed by atoms with Crippen molar-refractivity contribution in [1.29, 1.82) is 0 Å². The Balaban J connectivity index is 1.49. The van der Waals surface area contributed by atoms with E-state index in [-0.39, 0.29) is 12.0 Å². The Morgan fingerprint density at radius 2 is 2.14 bits per heavy atom. The molecule has 0 spiro atoms. The molecule has 0 radical (unpaired) electrons. The van der Waals surface area contributed by atoms with Crippen LogP contribution >= 0.6 is 12.2 Å². The van der Waals surface area contributed by atoms with Gasteiger partial charge in [0, 0.05) is 37.5 Å². The van der Waals surface area contributed by atoms with Gasteiger partial charge in [0.1, 0.15) is 0 Å². The van der Waals surface area contributed by atoms with E-state index < -0.39 is 0 Å². The fraction of sp³-hybridized carbons (Fsp3) is 0.500. The highest BCUT2D eigenvalue weighted by Crippen LogP contribution is 2.23. The molecule has 2 N–H and O–H groups in total. The standard InChI is InChI=1S/C16H21N3O2S/c20-15-4-1-9-19(15)13-7-5-12(6-8-13)18-16(22)17-11-14-3-2-10-21-14/h5-8,14H,1-4,9-11H2,(H2,17,18,22)/t14-/m0/s1. The van der Waals surface area contributed by atoms with Crippen molar-refractivity contribution in [3.05, 3.63) is 24.3 Å². The van der Waals surface area contributed by atoms with Gasteiger partial charge in [-0.15, -0.1) is 0 Å². The van der Waals surface area contributed by atoms with Gasteiger partial charge in [-0.2, -0.15) is 0 Å². The molecule has 1 aromatic carbocycles. The molecule has 2 saturated heterocycles. The summed E-state index contributed by atoms with van der Waals surface area (Å²) < 4.78 is 5.55. The molecular formula is C16H21N3O2S. The average molecular weight is 319 g/mol. The molecule has 0 aromatic heterocycles. The number of ether oxygens (including phenoxy) is 1. The second kappa shape index (κ2) is 7.07. The molecule has 22 heavy (non-hydrogen) atoms. The summed E-state index contributed by atoms with van der Waals surface area (Å²) in [7, 11) is 0. The van der Waals surface area contributed by atoms with Gasteiger partial charge in [-0.1, -0.05) is 0 Å². The van der Waals surface area contributed by atoms with Crippen LogP contribution in [-0.4, -0.2) is 36.8 Å². The van der Waals surface area contributed by atoms with Crippen LogP contribution in [0.2, 0.25) is 0 Å². The Morgan fingerprint density at radius 1 is 1.32 bits per heavy atom. The minimum absolute atomic E-state index is 0.203. The highest BCUT2D eigenvalue weighted by atomic mass is 32.1. The maximum atomic E-state index is 11.7. The molecule has 0 bridgehead atoms. The largest absolute Gasteiger partial charge is 0.376 e. The second-order valence-corrected chi connectivity index (χ2v) is 6.07. The zero-order valence-corrected chi connectivity index (χ0v) is 13.3. The highest BCUT2D eigenvalue weighted by molar-refractivity contribution is 7.80. The fourth-order valence-corrected chi connectivity index (χ4v) is 3.03. The molecule has 2 aliphatic rings. The van der Waals surface area contributed by atoms with Gasteiger partial charge in [0.05, 0.1) is 6.10 Å². The van der Waals surface area contributed by atoms with Crippen LogP contribution in [0.4, 0.5) is 11.4 Å². The molecule has 0 unspecified atom stereocenters. The summed E-state index contributed by atoms with van der Waals surface area (Å²) >= 11 is 5.29. The minimum atomic E-state index is 0.203. The molecule has 1 aromatic rings. The zero-order valence-electron chi connectivity index (χ0n) is 12.5. The smallest absolute Gasteiger partial charge is 0.227 e. The van der Waals surface area contributed by atoms with Crippen LogP contribution in [0.3, 0.4) is 0 Å². The molecule has 5 nitrogen and oxygen atoms in total. The Bertz CT molecular complexity index is 541. The molecule has 1 amide bonds. The van der Waals surface area contributed by atoms with Crippen molar-refractivity contribution >= 4 is 34.6 Å². The first-order valence-electron chi connectivity index (χ1n) is 7.79. The van der Waals surface area contributed by atoms with Gasteiger partial charge in [-0.05, 0) is 55.7 Å². The lowest BCUT2D eigenvalue weighted by molar-refractivity contribution is -0.117. The van der Waals surface area contributed by atoms with E-state index in [1.54, 1.807) is 0 Å². The van der Waals surface area contributed by atoms with Crippen LogP contribution in [0, 0.1) is 0 Å². The first-order valence-corrected chi connectivity index (χ1v) is 8.20. The quantitative estimate of drug-likeness (QED) is 0.834. The van der Waals surface area contributed by atoms with Crippen LogP contribution in [0.1, 0.15) is 25.7 Å². The van der Waals surface area contributed by atoms with Crippen molar-refractivity contribution in [2.24, 2.45) is 0 Å². The number of thiocarbonyl (C=S) groups is 1. The van der Waals surface area contributed by atoms with Gasteiger partial charge in [-0.3, -0.25) is 4.79 Å². The van der Waals surface area contributed by atoms with Gasteiger partial charge in [0.2, 0.25) is 5.91 Å². The summed E-state index contributed by atoms with van der Waals surface area (Å²) in [6.07, 6.45) is 4.08. The molecule has 2 heterocycles. The number of hydrogen-bond donors (Lipinski definition) is 2. The number of benzene rings is 1. The lowest BCUT2D eigenvalue weighted by Crippen LogP contribution is -2.34. The molecule has 3 rings (SSSR count). The number of amides is 1. The van der Waals surface area contributed by atoms with E-state index in [2.05, 4.69) is 10.6 Å². The average Bonchev–Trinajstić information content (AvgIpc) is 3.17. The highest BCUT2D eigenvalue weighted by Gasteiger charge is 2.21. The van der Waals surface area contributed by atoms with Crippen molar-refractivity contribution in [2.75, 3.05) is 29.9 Å². The third-order valence-electron chi connectivity index (χ3n) is 4.02. The van der Waals surface area contributed by atoms with E-state index in [0.29, 0.717) is 11.5 Å². The molecule has 0 saturated carbocycles. The molecular weight excluding hydrogens is 298 g/mol. The third-order valence-corrected chi connectivity index (χ3v) is 4.27. The first kappa shape index (κ1) is 15.2. The first-order chi connectivity index (χ1) is 10.7. The number of carbonyl (C=O) groups excluding carboxylic acids is 1. The van der Waals surface area contributed by atoms with Crippen molar-refractivity contribution in [3.63, 3.8) is 0 Å². The van der Waals surface area contributed by atoms with Crippen molar-refractivity contribution in [3.8, 4) is 0 Å². The van der Waals surface area contributed by atoms with Crippen LogP contribution in [0.15, 0.2) is 24.3 Å². The fourth-order valence-electron chi connectivity index (χ4n) is 2.83. The molecule has 118 valence electrons. The van der Waals surface area contributed by atoms with E-state index in [0.717, 1.165) is 50.3 Å². The minimum Gasteiger partial charge on any atom is -0.376 e. The molecule has 6 heteroatoms. The van der Waals surface area contributed by atoms with Crippen LogP contribution < -0.4 is 15.5 Å². The van der Waals surface area contributed by atoms with E-state index >= 15 is 0 Å². The van der Waals surface area contributed by atoms with E-state index in [9.17, 15) is 4.79 Å². The van der Waals surface area contributed by atoms with E-state index in [1.165, 1.54) is 0 Å². The Labute approximate surface area is 136 Å². The van der Waals surface area contributed by atoms with Gasteiger partial charge in [-0.25, -0.2) is 0 Å². The zero-order chi connectivity index (χ0) is 15.4. The van der Waals surface area contributed by atoms with Crippen LogP contribution in [0.5, 0.6) is 0 Å². The summed E-state index contributed by atoms with van der Waals surface area (Å²) in [6.45, 7) is 2.41. The summed E-state index contributed by atoms with van der Waals surface area (Å²) in [5.74, 6) is 0.203. The van der Waals surface area contributed by atoms with Gasteiger partial charge < -0.3 is 20.3 Å². The number of nitrogens with one attached hydrogen (secondary N) is 2. The summed E-state index contributed by atoms with van der Waals surface area (Å²) in [5.41, 5.74) is 1.87. The van der Waals surface area contributed by atoms with Gasteiger partial charge in [0.15, 0.2) is 5.11 Å². The van der Waals surface area contributed by atoms with Gasteiger partial charge in [0.25, 0.3) is 0 Å². The second-order valence-electron chi connectivity index (χ2n) is 5.67. The number of anilines is 2. The normalized spacial score (nSPS) is 21.2. The number of hydrogen-bond acceptors (Lipinski definition) is 3. The van der Waals surface area contributed by atoms with Crippen molar-refractivity contribution < 1.29 is 9.53 Å². The van der Waals surface area contributed by atoms with Crippen LogP contribution in [0.25, 0.3) is 0 Å². The summed E-state index contributed by atoms with van der Waals surface area (Å²) in [6, 6.07) is 7.80. The van der Waals surface area contributed by atoms with Gasteiger partial charge >= 0.3 is 0 Å². The number of nitrogens with zero attached hydrogens (tertiary/aromatic N) is 1. The van der Waals surface area contributed by atoms with E-state index in [1.807, 2.05) is 29.2 Å². The number of carbonyl (C=O) groups is 1. The molecule has 2 aliphatic heterocycles. The Kier molecular flexibility index (Phi) is 4.90. The Hall–Kier alpha value is -1.66. The lowest BCUT2D eigenvalue weighted by atomic mass is 10.2. The molecule has 0 aliphatic carbocycles. The number of rotatable bonds is 4. The third kappa shape index (κ3) is 3.75. The van der Waals surface area contributed by atoms with E-state index in [4.69, 9.17) is 17.0 Å². The maximum Gasteiger partial charge on any atom is 0.227 e. The topological polar surface area (TPSA) is 53.6 Å². The summed E-state index contributed by atoms with van der Waals surface area (Å²) in [5, 5.41) is 6.93. The predicted molar refractivity (Wildman–Crippen MR) is 91.2 cm³/mol. The predicted octanol–water partition coefficient (Wildman–Crippen LogP) is 2.28. The SMILES string of the molecule is O=C1CCCN1c1ccc(NC(=S)NC[C@@H]2CCCO2)cc1. The monoisotopic (exact) mass is 319 g/mol. The van der Waals surface area contributed by atoms with Crippen molar-refractivity contribution in [1.82, 2.24) is 5.32 Å². The molecule has 2 fully saturated rings. The Morgan fingerprint density at radius 3 is 2.77 bits per heavy atom.